The fourth-order valence-corrected chi connectivity index (χ4v) is 2.25. The normalized spacial score (nSPS) is 12.0. The Labute approximate surface area is 130 Å². The van der Waals surface area contributed by atoms with Crippen molar-refractivity contribution in [1.29, 1.82) is 0 Å². The molecule has 0 amide bonds. The van der Waals surface area contributed by atoms with E-state index >= 15 is 0 Å². The van der Waals surface area contributed by atoms with Crippen LogP contribution >= 0.6 is 0 Å². The van der Waals surface area contributed by atoms with E-state index < -0.39 is 11.0 Å². The predicted octanol–water partition coefficient (Wildman–Crippen LogP) is 2.97. The van der Waals surface area contributed by atoms with Crippen molar-refractivity contribution in [2.75, 3.05) is 0 Å². The fraction of sp³-hybridized carbons (Fsp3) is 0.125. The van der Waals surface area contributed by atoms with Crippen LogP contribution in [0.3, 0.4) is 0 Å². The van der Waals surface area contributed by atoms with Gasteiger partial charge in [-0.1, -0.05) is 24.3 Å². The van der Waals surface area contributed by atoms with E-state index in [0.717, 1.165) is 0 Å². The van der Waals surface area contributed by atoms with Crippen molar-refractivity contribution in [3.8, 4) is 5.75 Å². The van der Waals surface area contributed by atoms with Gasteiger partial charge in [-0.25, -0.2) is 4.98 Å². The third-order valence-electron chi connectivity index (χ3n) is 3.38. The van der Waals surface area contributed by atoms with Gasteiger partial charge >= 0.3 is 5.69 Å². The third kappa shape index (κ3) is 2.89. The number of rotatable bonds is 4. The van der Waals surface area contributed by atoms with E-state index in [1.165, 1.54) is 12.1 Å². The summed E-state index contributed by atoms with van der Waals surface area (Å²) < 4.78 is 5.62. The van der Waals surface area contributed by atoms with Crippen molar-refractivity contribution in [3.05, 3.63) is 74.8 Å². The van der Waals surface area contributed by atoms with Crippen LogP contribution in [-0.2, 0) is 0 Å². The average Bonchev–Trinajstić information content (AvgIpc) is 2.55. The van der Waals surface area contributed by atoms with Gasteiger partial charge in [-0.3, -0.25) is 14.9 Å². The Balaban J connectivity index is 1.97. The lowest BCUT2D eigenvalue weighted by Gasteiger charge is -2.14. The number of nitro groups is 1. The molecule has 2 aromatic carbocycles. The van der Waals surface area contributed by atoms with E-state index in [-0.39, 0.29) is 17.0 Å². The molecule has 1 aromatic heterocycles. The number of H-pyrrole nitrogens is 1. The lowest BCUT2D eigenvalue weighted by Crippen LogP contribution is -2.16. The summed E-state index contributed by atoms with van der Waals surface area (Å²) in [5.41, 5.74) is 0.135. The summed E-state index contributed by atoms with van der Waals surface area (Å²) in [5.74, 6) is 0.438. The van der Waals surface area contributed by atoms with Crippen LogP contribution in [0.4, 0.5) is 5.69 Å². The molecular weight excluding hydrogens is 298 g/mol. The molecule has 0 radical (unpaired) electrons. The first-order valence-corrected chi connectivity index (χ1v) is 6.95. The number of para-hydroxylation sites is 3. The molecule has 7 heteroatoms. The van der Waals surface area contributed by atoms with Crippen molar-refractivity contribution < 1.29 is 9.66 Å². The standard InChI is InChI=1S/C16H13N3O4/c1-10(23-14-9-5-4-8-13(14)19(21)22)15-17-12-7-3-2-6-11(12)16(20)18-15/h2-10H,1H3,(H,17,18,20)/t10-/m0/s1. The molecule has 1 heterocycles. The zero-order valence-corrected chi connectivity index (χ0v) is 12.2. The smallest absolute Gasteiger partial charge is 0.310 e. The molecule has 7 nitrogen and oxygen atoms in total. The number of hydrogen-bond donors (Lipinski definition) is 1. The molecule has 0 spiro atoms. The molecule has 23 heavy (non-hydrogen) atoms. The Morgan fingerprint density at radius 2 is 1.87 bits per heavy atom. The Kier molecular flexibility index (Phi) is 3.76. The van der Waals surface area contributed by atoms with Crippen molar-refractivity contribution in [1.82, 2.24) is 9.97 Å². The zero-order chi connectivity index (χ0) is 16.4. The molecule has 0 unspecified atom stereocenters. The van der Waals surface area contributed by atoms with Gasteiger partial charge in [0.2, 0.25) is 0 Å². The van der Waals surface area contributed by atoms with Gasteiger partial charge in [-0.05, 0) is 25.1 Å². The molecule has 0 aliphatic heterocycles. The molecule has 0 fully saturated rings. The first-order valence-electron chi connectivity index (χ1n) is 6.95. The summed E-state index contributed by atoms with van der Waals surface area (Å²) in [7, 11) is 0. The van der Waals surface area contributed by atoms with Crippen molar-refractivity contribution in [3.63, 3.8) is 0 Å². The second-order valence-corrected chi connectivity index (χ2v) is 4.95. The lowest BCUT2D eigenvalue weighted by molar-refractivity contribution is -0.386. The van der Waals surface area contributed by atoms with E-state index in [4.69, 9.17) is 4.74 Å². The first kappa shape index (κ1) is 14.7. The number of nitrogens with zero attached hydrogens (tertiary/aromatic N) is 2. The molecular formula is C16H13N3O4. The van der Waals surface area contributed by atoms with Gasteiger partial charge < -0.3 is 9.72 Å². The van der Waals surface area contributed by atoms with Gasteiger partial charge in [-0.15, -0.1) is 0 Å². The van der Waals surface area contributed by atoms with Crippen LogP contribution in [0.5, 0.6) is 5.75 Å². The molecule has 1 atom stereocenters. The largest absolute Gasteiger partial charge is 0.476 e. The molecule has 0 saturated carbocycles. The van der Waals surface area contributed by atoms with Crippen LogP contribution in [0.15, 0.2) is 53.3 Å². The van der Waals surface area contributed by atoms with E-state index in [1.807, 2.05) is 0 Å². The summed E-state index contributed by atoms with van der Waals surface area (Å²) in [6.07, 6.45) is -0.645. The van der Waals surface area contributed by atoms with Crippen molar-refractivity contribution >= 4 is 16.6 Å². The Hall–Kier alpha value is -3.22. The Morgan fingerprint density at radius 3 is 2.65 bits per heavy atom. The van der Waals surface area contributed by atoms with Gasteiger partial charge in [0.1, 0.15) is 0 Å². The summed E-state index contributed by atoms with van der Waals surface area (Å²) in [5, 5.41) is 11.5. The van der Waals surface area contributed by atoms with Gasteiger partial charge in [0, 0.05) is 6.07 Å². The Bertz CT molecular complexity index is 936. The van der Waals surface area contributed by atoms with E-state index in [0.29, 0.717) is 16.7 Å². The number of benzene rings is 2. The molecule has 3 rings (SSSR count). The molecule has 0 aliphatic rings. The third-order valence-corrected chi connectivity index (χ3v) is 3.38. The number of ether oxygens (including phenoxy) is 1. The van der Waals surface area contributed by atoms with Crippen molar-refractivity contribution in [2.45, 2.75) is 13.0 Å². The maximum Gasteiger partial charge on any atom is 0.310 e. The second-order valence-electron chi connectivity index (χ2n) is 4.95. The lowest BCUT2D eigenvalue weighted by atomic mass is 10.2. The number of nitro benzene ring substituents is 1. The van der Waals surface area contributed by atoms with Gasteiger partial charge in [-0.2, -0.15) is 0 Å². The van der Waals surface area contributed by atoms with E-state index in [9.17, 15) is 14.9 Å². The summed E-state index contributed by atoms with van der Waals surface area (Å²) in [4.78, 5) is 29.6. The highest BCUT2D eigenvalue weighted by Gasteiger charge is 2.19. The van der Waals surface area contributed by atoms with Crippen LogP contribution < -0.4 is 10.3 Å². The average molecular weight is 311 g/mol. The minimum Gasteiger partial charge on any atom is -0.476 e. The van der Waals surface area contributed by atoms with Crippen LogP contribution in [0.25, 0.3) is 10.9 Å². The highest BCUT2D eigenvalue weighted by molar-refractivity contribution is 5.77. The monoisotopic (exact) mass is 311 g/mol. The molecule has 3 aromatic rings. The highest BCUT2D eigenvalue weighted by Crippen LogP contribution is 2.29. The summed E-state index contributed by atoms with van der Waals surface area (Å²) in [6, 6.07) is 13.0. The topological polar surface area (TPSA) is 98.1 Å². The number of nitrogens with one attached hydrogen (secondary N) is 1. The van der Waals surface area contributed by atoms with Crippen LogP contribution in [-0.4, -0.2) is 14.9 Å². The molecule has 116 valence electrons. The fourth-order valence-electron chi connectivity index (χ4n) is 2.25. The van der Waals surface area contributed by atoms with Gasteiger partial charge in [0.05, 0.1) is 15.8 Å². The highest BCUT2D eigenvalue weighted by atomic mass is 16.6. The predicted molar refractivity (Wildman–Crippen MR) is 84.5 cm³/mol. The van der Waals surface area contributed by atoms with Crippen LogP contribution in [0, 0.1) is 10.1 Å². The number of aromatic nitrogens is 2. The number of hydrogen-bond acceptors (Lipinski definition) is 5. The minimum atomic E-state index is -0.645. The van der Waals surface area contributed by atoms with E-state index in [2.05, 4.69) is 9.97 Å². The number of aromatic amines is 1. The number of fused-ring (bicyclic) bond motifs is 1. The minimum absolute atomic E-state index is 0.126. The van der Waals surface area contributed by atoms with Crippen molar-refractivity contribution in [2.24, 2.45) is 0 Å². The van der Waals surface area contributed by atoms with Crippen LogP contribution in [0.1, 0.15) is 18.9 Å². The quantitative estimate of drug-likeness (QED) is 0.590. The summed E-state index contributed by atoms with van der Waals surface area (Å²) >= 11 is 0. The van der Waals surface area contributed by atoms with Crippen LogP contribution in [0.2, 0.25) is 0 Å². The maximum absolute atomic E-state index is 12.1. The molecule has 0 bridgehead atoms. The maximum atomic E-state index is 12.1. The molecule has 0 aliphatic carbocycles. The second kappa shape index (κ2) is 5.88. The molecule has 1 N–H and O–H groups in total. The zero-order valence-electron chi connectivity index (χ0n) is 12.2. The van der Waals surface area contributed by atoms with E-state index in [1.54, 1.807) is 43.3 Å². The summed E-state index contributed by atoms with van der Waals surface area (Å²) in [6.45, 7) is 1.67. The van der Waals surface area contributed by atoms with Gasteiger partial charge in [0.25, 0.3) is 5.56 Å². The SMILES string of the molecule is C[C@H](Oc1ccccc1[N+](=O)[O-])c1nc2ccccc2c(=O)[nH]1. The van der Waals surface area contributed by atoms with Gasteiger partial charge in [0.15, 0.2) is 17.7 Å². The first-order chi connectivity index (χ1) is 11.1. The molecule has 0 saturated heterocycles. The Morgan fingerprint density at radius 1 is 1.17 bits per heavy atom.